The standard InChI is InChI=1S/C30H24F3N7O2S/c1-19-4-3-5-20(2)26(19)39-14-15-43-29(39)37-28(41)35-17-23(16-34)21-6-8-22(9-7-21)27-36-18-40(38-27)24-10-12-25(13-11-24)42-30(31,32)33/h3-13,17-18,23H,14-15H2,1-2H3. The number of carbonyl (C=O) groups is 1. The molecule has 43 heavy (non-hydrogen) atoms. The molecule has 0 saturated carbocycles. The number of thioether (sulfide) groups is 1. The zero-order chi connectivity index (χ0) is 30.6. The summed E-state index contributed by atoms with van der Waals surface area (Å²) in [5, 5.41) is 14.7. The van der Waals surface area contributed by atoms with E-state index >= 15 is 0 Å². The normalized spacial score (nSPS) is 15.2. The van der Waals surface area contributed by atoms with Crippen molar-refractivity contribution in [1.29, 1.82) is 5.26 Å². The second-order valence-corrected chi connectivity index (χ2v) is 10.5. The van der Waals surface area contributed by atoms with Gasteiger partial charge in [-0.3, -0.25) is 0 Å². The average molecular weight is 604 g/mol. The molecule has 5 rings (SSSR count). The summed E-state index contributed by atoms with van der Waals surface area (Å²) in [7, 11) is 0. The molecular formula is C30H24F3N7O2S. The van der Waals surface area contributed by atoms with Gasteiger partial charge >= 0.3 is 12.4 Å². The number of nitriles is 1. The van der Waals surface area contributed by atoms with Crippen molar-refractivity contribution in [2.24, 2.45) is 9.98 Å². The molecular weight excluding hydrogens is 579 g/mol. The van der Waals surface area contributed by atoms with Crippen molar-refractivity contribution >= 4 is 34.9 Å². The number of urea groups is 1. The summed E-state index contributed by atoms with van der Waals surface area (Å²) in [4.78, 5) is 27.1. The fraction of sp³-hybridized carbons (Fsp3) is 0.200. The molecule has 1 aliphatic rings. The van der Waals surface area contributed by atoms with Crippen molar-refractivity contribution in [1.82, 2.24) is 14.8 Å². The van der Waals surface area contributed by atoms with Crippen LogP contribution in [0.25, 0.3) is 17.1 Å². The lowest BCUT2D eigenvalue weighted by Crippen LogP contribution is -2.26. The number of amides is 2. The molecule has 4 aromatic rings. The van der Waals surface area contributed by atoms with Crippen LogP contribution in [0.5, 0.6) is 5.75 Å². The molecule has 1 aliphatic heterocycles. The number of para-hydroxylation sites is 1. The lowest BCUT2D eigenvalue weighted by atomic mass is 10.0. The van der Waals surface area contributed by atoms with Gasteiger partial charge in [0.15, 0.2) is 11.0 Å². The number of aromatic nitrogens is 3. The number of alkyl halides is 3. The van der Waals surface area contributed by atoms with E-state index in [0.29, 0.717) is 27.8 Å². The third-order valence-electron chi connectivity index (χ3n) is 6.51. The first-order chi connectivity index (χ1) is 20.6. The summed E-state index contributed by atoms with van der Waals surface area (Å²) in [5.41, 5.74) is 4.98. The zero-order valence-electron chi connectivity index (χ0n) is 23.0. The van der Waals surface area contributed by atoms with Crippen LogP contribution in [0.4, 0.5) is 23.7 Å². The number of anilines is 1. The van der Waals surface area contributed by atoms with E-state index in [-0.39, 0.29) is 5.75 Å². The second-order valence-electron chi connectivity index (χ2n) is 9.48. The summed E-state index contributed by atoms with van der Waals surface area (Å²) >= 11 is 1.49. The van der Waals surface area contributed by atoms with Gasteiger partial charge in [-0.25, -0.2) is 19.5 Å². The van der Waals surface area contributed by atoms with E-state index in [1.165, 1.54) is 53.3 Å². The molecule has 0 spiro atoms. The predicted octanol–water partition coefficient (Wildman–Crippen LogP) is 6.86. The number of nitrogens with zero attached hydrogens (tertiary/aromatic N) is 7. The Labute approximate surface area is 249 Å². The first-order valence-corrected chi connectivity index (χ1v) is 14.0. The van der Waals surface area contributed by atoms with Gasteiger partial charge in [-0.2, -0.15) is 10.3 Å². The highest BCUT2D eigenvalue weighted by atomic mass is 32.2. The van der Waals surface area contributed by atoms with Crippen LogP contribution in [0.1, 0.15) is 22.6 Å². The number of rotatable bonds is 6. The van der Waals surface area contributed by atoms with Gasteiger partial charge in [-0.05, 0) is 54.8 Å². The van der Waals surface area contributed by atoms with Gasteiger partial charge in [0.25, 0.3) is 0 Å². The fourth-order valence-electron chi connectivity index (χ4n) is 4.54. The molecule has 1 unspecified atom stereocenters. The highest BCUT2D eigenvalue weighted by Gasteiger charge is 2.31. The number of hydrogen-bond donors (Lipinski definition) is 0. The summed E-state index contributed by atoms with van der Waals surface area (Å²) in [6, 6.07) is 19.6. The number of amidine groups is 1. The topological polar surface area (TPSA) is 109 Å². The molecule has 0 radical (unpaired) electrons. The van der Waals surface area contributed by atoms with Crippen molar-refractivity contribution in [2.75, 3.05) is 17.2 Å². The van der Waals surface area contributed by atoms with Crippen molar-refractivity contribution < 1.29 is 22.7 Å². The molecule has 13 heteroatoms. The lowest BCUT2D eigenvalue weighted by Gasteiger charge is -2.22. The minimum absolute atomic E-state index is 0.339. The second kappa shape index (κ2) is 12.5. The van der Waals surface area contributed by atoms with Gasteiger partial charge in [-0.1, -0.05) is 54.2 Å². The SMILES string of the molecule is Cc1cccc(C)c1N1CCSC1=NC(=O)N=CC(C#N)c1ccc(-c2ncn(-c3ccc(OC(F)(F)F)cc3)n2)cc1. The predicted molar refractivity (Wildman–Crippen MR) is 159 cm³/mol. The van der Waals surface area contributed by atoms with Gasteiger partial charge in [0.05, 0.1) is 11.8 Å². The van der Waals surface area contributed by atoms with Gasteiger partial charge < -0.3 is 9.64 Å². The molecule has 2 amide bonds. The minimum atomic E-state index is -4.77. The van der Waals surface area contributed by atoms with E-state index in [1.54, 1.807) is 24.3 Å². The largest absolute Gasteiger partial charge is 0.573 e. The minimum Gasteiger partial charge on any atom is -0.406 e. The quantitative estimate of drug-likeness (QED) is 0.222. The van der Waals surface area contributed by atoms with Gasteiger partial charge in [0.1, 0.15) is 18.0 Å². The van der Waals surface area contributed by atoms with Crippen LogP contribution in [0.3, 0.4) is 0 Å². The highest BCUT2D eigenvalue weighted by Crippen LogP contribution is 2.31. The lowest BCUT2D eigenvalue weighted by molar-refractivity contribution is -0.274. The van der Waals surface area contributed by atoms with Crippen LogP contribution in [0.15, 0.2) is 83.0 Å². The van der Waals surface area contributed by atoms with Crippen LogP contribution in [0.2, 0.25) is 0 Å². The summed E-state index contributed by atoms with van der Waals surface area (Å²) in [6.45, 7) is 4.77. The number of ether oxygens (including phenoxy) is 1. The fourth-order valence-corrected chi connectivity index (χ4v) is 5.47. The van der Waals surface area contributed by atoms with Crippen molar-refractivity contribution in [2.45, 2.75) is 26.1 Å². The van der Waals surface area contributed by atoms with Gasteiger partial charge in [0.2, 0.25) is 0 Å². The molecule has 3 aromatic carbocycles. The number of hydrogen-bond acceptors (Lipinski definition) is 6. The number of carbonyl (C=O) groups excluding carboxylic acids is 1. The van der Waals surface area contributed by atoms with Crippen molar-refractivity contribution in [3.8, 4) is 28.9 Å². The maximum Gasteiger partial charge on any atom is 0.573 e. The smallest absolute Gasteiger partial charge is 0.406 e. The third-order valence-corrected chi connectivity index (χ3v) is 7.46. The summed E-state index contributed by atoms with van der Waals surface area (Å²) < 4.78 is 42.5. The molecule has 0 bridgehead atoms. The van der Waals surface area contributed by atoms with E-state index in [2.05, 4.69) is 30.9 Å². The monoisotopic (exact) mass is 603 g/mol. The molecule has 9 nitrogen and oxygen atoms in total. The molecule has 1 aromatic heterocycles. The number of benzene rings is 3. The van der Waals surface area contributed by atoms with E-state index in [9.17, 15) is 23.2 Å². The van der Waals surface area contributed by atoms with E-state index < -0.39 is 18.3 Å². The molecule has 1 saturated heterocycles. The Morgan fingerprint density at radius 2 is 1.79 bits per heavy atom. The van der Waals surface area contributed by atoms with Crippen LogP contribution >= 0.6 is 11.8 Å². The zero-order valence-corrected chi connectivity index (χ0v) is 23.8. The Balaban J connectivity index is 1.25. The highest BCUT2D eigenvalue weighted by molar-refractivity contribution is 8.14. The maximum absolute atomic E-state index is 12.6. The van der Waals surface area contributed by atoms with Gasteiger partial charge in [-0.15, -0.1) is 18.3 Å². The van der Waals surface area contributed by atoms with Gasteiger partial charge in [0, 0.05) is 29.8 Å². The Bertz CT molecular complexity index is 1710. The first-order valence-electron chi connectivity index (χ1n) is 13.0. The molecule has 1 fully saturated rings. The van der Waals surface area contributed by atoms with E-state index in [4.69, 9.17) is 0 Å². The average Bonchev–Trinajstić information content (AvgIpc) is 3.64. The third kappa shape index (κ3) is 7.10. The first kappa shape index (κ1) is 29.5. The van der Waals surface area contributed by atoms with E-state index in [1.807, 2.05) is 36.9 Å². The Kier molecular flexibility index (Phi) is 8.58. The number of aliphatic imine (C=N–C) groups is 2. The number of halogens is 3. The van der Waals surface area contributed by atoms with Crippen LogP contribution in [-0.2, 0) is 0 Å². The van der Waals surface area contributed by atoms with E-state index in [0.717, 1.165) is 29.1 Å². The molecule has 218 valence electrons. The Morgan fingerprint density at radius 3 is 2.44 bits per heavy atom. The Hall–Kier alpha value is -4.96. The van der Waals surface area contributed by atoms with Crippen molar-refractivity contribution in [3.63, 3.8) is 0 Å². The Morgan fingerprint density at radius 1 is 1.09 bits per heavy atom. The van der Waals surface area contributed by atoms with Crippen molar-refractivity contribution in [3.05, 3.63) is 89.7 Å². The number of aryl methyl sites for hydroxylation is 2. The van der Waals surface area contributed by atoms with Crippen LogP contribution in [-0.4, -0.2) is 50.8 Å². The molecule has 1 atom stereocenters. The molecule has 0 N–H and O–H groups in total. The maximum atomic E-state index is 12.6. The molecule has 2 heterocycles. The summed E-state index contributed by atoms with van der Waals surface area (Å²) in [5.74, 6) is 0.0474. The van der Waals surface area contributed by atoms with Crippen LogP contribution < -0.4 is 9.64 Å². The summed E-state index contributed by atoms with van der Waals surface area (Å²) in [6.07, 6.45) is -2.06. The molecule has 0 aliphatic carbocycles. The van der Waals surface area contributed by atoms with Crippen LogP contribution in [0, 0.1) is 25.2 Å².